The molecule has 0 saturated carbocycles. The number of hydrogen-bond acceptors (Lipinski definition) is 2. The zero-order valence-electron chi connectivity index (χ0n) is 13.2. The smallest absolute Gasteiger partial charge is 0.241 e. The molecule has 1 amide bonds. The molecule has 0 spiro atoms. The van der Waals surface area contributed by atoms with Gasteiger partial charge in [-0.25, -0.2) is 0 Å². The number of carbonyl (C=O) groups is 1. The van der Waals surface area contributed by atoms with Crippen molar-refractivity contribution in [3.63, 3.8) is 0 Å². The van der Waals surface area contributed by atoms with Crippen molar-refractivity contribution in [2.75, 3.05) is 0 Å². The Morgan fingerprint density at radius 1 is 1.09 bits per heavy atom. The van der Waals surface area contributed by atoms with Crippen molar-refractivity contribution < 1.29 is 4.79 Å². The highest BCUT2D eigenvalue weighted by Crippen LogP contribution is 2.19. The van der Waals surface area contributed by atoms with Crippen molar-refractivity contribution in [3.8, 4) is 0 Å². The van der Waals surface area contributed by atoms with E-state index in [2.05, 4.69) is 37.4 Å². The zero-order chi connectivity index (χ0) is 15.4. The molecule has 2 rings (SSSR count). The number of amides is 1. The fourth-order valence-electron chi connectivity index (χ4n) is 2.50. The van der Waals surface area contributed by atoms with Crippen molar-refractivity contribution in [1.82, 2.24) is 5.32 Å². The van der Waals surface area contributed by atoms with Crippen molar-refractivity contribution in [3.05, 3.63) is 70.8 Å². The Kier molecular flexibility index (Phi) is 6.60. The van der Waals surface area contributed by atoms with Gasteiger partial charge in [0.05, 0.1) is 6.04 Å². The molecule has 0 aliphatic carbocycles. The van der Waals surface area contributed by atoms with Crippen LogP contribution in [0, 0.1) is 13.8 Å². The molecule has 0 radical (unpaired) electrons. The molecule has 118 valence electrons. The Morgan fingerprint density at radius 2 is 1.73 bits per heavy atom. The monoisotopic (exact) mass is 318 g/mol. The highest BCUT2D eigenvalue weighted by Gasteiger charge is 2.18. The van der Waals surface area contributed by atoms with Crippen LogP contribution in [0.4, 0.5) is 0 Å². The van der Waals surface area contributed by atoms with E-state index in [1.54, 1.807) is 0 Å². The molecule has 0 aromatic heterocycles. The molecule has 0 heterocycles. The van der Waals surface area contributed by atoms with E-state index in [4.69, 9.17) is 5.73 Å². The number of halogens is 1. The van der Waals surface area contributed by atoms with E-state index in [1.165, 1.54) is 11.1 Å². The van der Waals surface area contributed by atoms with Crippen LogP contribution < -0.4 is 11.1 Å². The minimum atomic E-state index is -0.639. The Morgan fingerprint density at radius 3 is 2.32 bits per heavy atom. The predicted molar refractivity (Wildman–Crippen MR) is 93.1 cm³/mol. The minimum Gasteiger partial charge on any atom is -0.348 e. The third-order valence-electron chi connectivity index (χ3n) is 3.69. The molecule has 0 saturated heterocycles. The third kappa shape index (κ3) is 4.33. The van der Waals surface area contributed by atoms with Gasteiger partial charge in [-0.3, -0.25) is 4.79 Å². The Labute approximate surface area is 138 Å². The number of rotatable bonds is 4. The molecule has 0 aliphatic heterocycles. The van der Waals surface area contributed by atoms with Gasteiger partial charge in [0.25, 0.3) is 0 Å². The summed E-state index contributed by atoms with van der Waals surface area (Å²) in [7, 11) is 0. The van der Waals surface area contributed by atoms with Gasteiger partial charge in [0.15, 0.2) is 0 Å². The first-order chi connectivity index (χ1) is 9.99. The molecule has 0 fully saturated rings. The standard InChI is InChI=1S/C18H22N2O.ClH/c1-12-9-10-16(13(2)11-12)14(3)20-18(21)17(19)15-7-5-4-6-8-15;/h4-11,14,17H,19H2,1-3H3,(H,20,21);1H. The zero-order valence-corrected chi connectivity index (χ0v) is 14.0. The molecule has 2 atom stereocenters. The molecule has 3 N–H and O–H groups in total. The molecule has 0 bridgehead atoms. The summed E-state index contributed by atoms with van der Waals surface area (Å²) in [5, 5.41) is 2.99. The average Bonchev–Trinajstić information content (AvgIpc) is 2.47. The van der Waals surface area contributed by atoms with Crippen LogP contribution in [0.3, 0.4) is 0 Å². The van der Waals surface area contributed by atoms with Gasteiger partial charge in [0.1, 0.15) is 6.04 Å². The number of nitrogens with one attached hydrogen (secondary N) is 1. The summed E-state index contributed by atoms with van der Waals surface area (Å²) in [5.41, 5.74) is 10.4. The number of carbonyl (C=O) groups excluding carboxylic acids is 1. The van der Waals surface area contributed by atoms with E-state index in [-0.39, 0.29) is 24.4 Å². The van der Waals surface area contributed by atoms with Crippen LogP contribution in [0.2, 0.25) is 0 Å². The maximum atomic E-state index is 12.3. The van der Waals surface area contributed by atoms with Crippen LogP contribution in [-0.2, 0) is 4.79 Å². The van der Waals surface area contributed by atoms with Crippen LogP contribution in [0.5, 0.6) is 0 Å². The van der Waals surface area contributed by atoms with Crippen molar-refractivity contribution in [2.45, 2.75) is 32.9 Å². The Hall–Kier alpha value is -1.84. The molecular weight excluding hydrogens is 296 g/mol. The van der Waals surface area contributed by atoms with Gasteiger partial charge in [-0.15, -0.1) is 12.4 Å². The van der Waals surface area contributed by atoms with E-state index in [0.717, 1.165) is 11.1 Å². The van der Waals surface area contributed by atoms with Crippen LogP contribution in [0.15, 0.2) is 48.5 Å². The van der Waals surface area contributed by atoms with E-state index < -0.39 is 6.04 Å². The Balaban J connectivity index is 0.00000242. The summed E-state index contributed by atoms with van der Waals surface area (Å²) in [6, 6.07) is 14.9. The number of benzene rings is 2. The summed E-state index contributed by atoms with van der Waals surface area (Å²) in [6.45, 7) is 6.10. The molecule has 22 heavy (non-hydrogen) atoms. The van der Waals surface area contributed by atoms with Crippen LogP contribution in [0.1, 0.15) is 41.3 Å². The average molecular weight is 319 g/mol. The van der Waals surface area contributed by atoms with Crippen molar-refractivity contribution in [2.24, 2.45) is 5.73 Å². The maximum Gasteiger partial charge on any atom is 0.241 e. The predicted octanol–water partition coefficient (Wildman–Crippen LogP) is 3.60. The summed E-state index contributed by atoms with van der Waals surface area (Å²) in [6.07, 6.45) is 0. The quantitative estimate of drug-likeness (QED) is 0.905. The highest BCUT2D eigenvalue weighted by atomic mass is 35.5. The lowest BCUT2D eigenvalue weighted by Gasteiger charge is -2.20. The second-order valence-corrected chi connectivity index (χ2v) is 5.48. The lowest BCUT2D eigenvalue weighted by atomic mass is 9.99. The molecular formula is C18H23ClN2O. The third-order valence-corrected chi connectivity index (χ3v) is 3.69. The molecule has 2 aromatic carbocycles. The van der Waals surface area contributed by atoms with Gasteiger partial charge < -0.3 is 11.1 Å². The first kappa shape index (κ1) is 18.2. The molecule has 3 nitrogen and oxygen atoms in total. The highest BCUT2D eigenvalue weighted by molar-refractivity contribution is 5.85. The summed E-state index contributed by atoms with van der Waals surface area (Å²) >= 11 is 0. The largest absolute Gasteiger partial charge is 0.348 e. The SMILES string of the molecule is Cc1ccc(C(C)NC(=O)C(N)c2ccccc2)c(C)c1.Cl. The van der Waals surface area contributed by atoms with E-state index in [1.807, 2.05) is 37.3 Å². The van der Waals surface area contributed by atoms with Gasteiger partial charge in [0.2, 0.25) is 5.91 Å². The van der Waals surface area contributed by atoms with Crippen LogP contribution in [0.25, 0.3) is 0 Å². The number of nitrogens with two attached hydrogens (primary N) is 1. The normalized spacial score (nSPS) is 12.9. The summed E-state index contributed by atoms with van der Waals surface area (Å²) < 4.78 is 0. The first-order valence-corrected chi connectivity index (χ1v) is 7.17. The Bertz CT molecular complexity index is 628. The second kappa shape index (κ2) is 7.97. The van der Waals surface area contributed by atoms with Crippen LogP contribution in [-0.4, -0.2) is 5.91 Å². The van der Waals surface area contributed by atoms with Crippen molar-refractivity contribution >= 4 is 18.3 Å². The maximum absolute atomic E-state index is 12.3. The minimum absolute atomic E-state index is 0. The first-order valence-electron chi connectivity index (χ1n) is 7.17. The molecule has 4 heteroatoms. The lowest BCUT2D eigenvalue weighted by molar-refractivity contribution is -0.123. The summed E-state index contributed by atoms with van der Waals surface area (Å²) in [5.74, 6) is -0.159. The molecule has 2 aromatic rings. The van der Waals surface area contributed by atoms with Crippen LogP contribution >= 0.6 is 12.4 Å². The van der Waals surface area contributed by atoms with Gasteiger partial charge >= 0.3 is 0 Å². The second-order valence-electron chi connectivity index (χ2n) is 5.48. The fourth-order valence-corrected chi connectivity index (χ4v) is 2.50. The lowest BCUT2D eigenvalue weighted by Crippen LogP contribution is -2.35. The van der Waals surface area contributed by atoms with E-state index >= 15 is 0 Å². The van der Waals surface area contributed by atoms with Gasteiger partial charge in [-0.05, 0) is 37.5 Å². The number of aryl methyl sites for hydroxylation is 2. The number of hydrogen-bond donors (Lipinski definition) is 2. The summed E-state index contributed by atoms with van der Waals surface area (Å²) in [4.78, 5) is 12.3. The molecule has 0 aliphatic rings. The topological polar surface area (TPSA) is 55.1 Å². The van der Waals surface area contributed by atoms with Gasteiger partial charge in [0, 0.05) is 0 Å². The van der Waals surface area contributed by atoms with Gasteiger partial charge in [-0.2, -0.15) is 0 Å². The fraction of sp³-hybridized carbons (Fsp3) is 0.278. The van der Waals surface area contributed by atoms with Gasteiger partial charge in [-0.1, -0.05) is 54.1 Å². The van der Waals surface area contributed by atoms with Crippen molar-refractivity contribution in [1.29, 1.82) is 0 Å². The van der Waals surface area contributed by atoms with E-state index in [9.17, 15) is 4.79 Å². The van der Waals surface area contributed by atoms with E-state index in [0.29, 0.717) is 0 Å². The molecule has 2 unspecified atom stereocenters.